The van der Waals surface area contributed by atoms with Gasteiger partial charge in [-0.15, -0.1) is 0 Å². The summed E-state index contributed by atoms with van der Waals surface area (Å²) in [6.45, 7) is 3.00. The van der Waals surface area contributed by atoms with E-state index in [1.807, 2.05) is 12.1 Å². The second kappa shape index (κ2) is 9.79. The number of nitrogens with zero attached hydrogens (tertiary/aromatic N) is 1. The Bertz CT molecular complexity index is 816. The highest BCUT2D eigenvalue weighted by Gasteiger charge is 2.44. The van der Waals surface area contributed by atoms with Crippen LogP contribution in [0.1, 0.15) is 36.8 Å². The van der Waals surface area contributed by atoms with E-state index in [-0.39, 0.29) is 0 Å². The van der Waals surface area contributed by atoms with Crippen LogP contribution in [0.4, 0.5) is 0 Å². The molecule has 1 aliphatic carbocycles. The van der Waals surface area contributed by atoms with Crippen molar-refractivity contribution in [1.29, 1.82) is 0 Å². The number of fused-ring (bicyclic) bond motifs is 1. The molecular formula is C25H35N2O4+. The molecule has 4 rings (SSSR count). The molecule has 31 heavy (non-hydrogen) atoms. The van der Waals surface area contributed by atoms with Crippen LogP contribution in [-0.2, 0) is 13.1 Å². The van der Waals surface area contributed by atoms with Crippen molar-refractivity contribution in [1.82, 2.24) is 4.90 Å². The quantitative estimate of drug-likeness (QED) is 0.702. The second-order valence-corrected chi connectivity index (χ2v) is 8.58. The van der Waals surface area contributed by atoms with Gasteiger partial charge in [0.2, 0.25) is 0 Å². The van der Waals surface area contributed by atoms with Crippen molar-refractivity contribution in [3.05, 3.63) is 47.5 Å². The van der Waals surface area contributed by atoms with Gasteiger partial charge in [0, 0.05) is 18.5 Å². The first-order valence-corrected chi connectivity index (χ1v) is 11.2. The first-order chi connectivity index (χ1) is 15.2. The van der Waals surface area contributed by atoms with Crippen LogP contribution in [-0.4, -0.2) is 52.1 Å². The van der Waals surface area contributed by atoms with Crippen molar-refractivity contribution < 1.29 is 23.8 Å². The first kappa shape index (κ1) is 21.8. The fourth-order valence-electron chi connectivity index (χ4n) is 5.35. The fraction of sp³-hybridized carbons (Fsp3) is 0.520. The number of nitrogens with one attached hydrogen (secondary N) is 1. The average molecular weight is 428 g/mol. The Labute approximate surface area is 185 Å². The largest absolute Gasteiger partial charge is 0.493 e. The lowest BCUT2D eigenvalue weighted by Crippen LogP contribution is -3.13. The van der Waals surface area contributed by atoms with Gasteiger partial charge in [-0.05, 0) is 48.7 Å². The molecule has 1 aliphatic heterocycles. The van der Waals surface area contributed by atoms with Crippen molar-refractivity contribution >= 4 is 0 Å². The van der Waals surface area contributed by atoms with E-state index >= 15 is 0 Å². The predicted molar refractivity (Wildman–Crippen MR) is 120 cm³/mol. The van der Waals surface area contributed by atoms with E-state index in [0.29, 0.717) is 12.1 Å². The van der Waals surface area contributed by atoms with E-state index in [1.54, 1.807) is 33.3 Å². The molecule has 3 unspecified atom stereocenters. The predicted octanol–water partition coefficient (Wildman–Crippen LogP) is 2.89. The Kier molecular flexibility index (Phi) is 6.88. The van der Waals surface area contributed by atoms with E-state index in [9.17, 15) is 0 Å². The van der Waals surface area contributed by atoms with Gasteiger partial charge in [-0.1, -0.05) is 12.5 Å². The molecule has 0 radical (unpaired) electrons. The van der Waals surface area contributed by atoms with Gasteiger partial charge in [0.15, 0.2) is 23.0 Å². The van der Waals surface area contributed by atoms with E-state index in [1.165, 1.54) is 36.8 Å². The molecule has 1 heterocycles. The summed E-state index contributed by atoms with van der Waals surface area (Å²) >= 11 is 0. The fourth-order valence-corrected chi connectivity index (χ4v) is 5.35. The molecule has 1 N–H and O–H groups in total. The average Bonchev–Trinajstić information content (AvgIpc) is 3.15. The number of rotatable bonds is 8. The van der Waals surface area contributed by atoms with Crippen molar-refractivity contribution in [2.24, 2.45) is 0 Å². The first-order valence-electron chi connectivity index (χ1n) is 11.2. The van der Waals surface area contributed by atoms with Gasteiger partial charge in [0.05, 0.1) is 34.5 Å². The summed E-state index contributed by atoms with van der Waals surface area (Å²) in [5.74, 6) is 3.17. The van der Waals surface area contributed by atoms with Crippen LogP contribution in [0.25, 0.3) is 0 Å². The Morgan fingerprint density at radius 1 is 0.774 bits per heavy atom. The highest BCUT2D eigenvalue weighted by molar-refractivity contribution is 5.43. The number of quaternary nitrogens is 1. The summed E-state index contributed by atoms with van der Waals surface area (Å²) < 4.78 is 21.9. The monoisotopic (exact) mass is 427 g/mol. The number of hydrogen-bond donors (Lipinski definition) is 1. The van der Waals surface area contributed by atoms with Crippen LogP contribution in [0, 0.1) is 0 Å². The molecule has 0 bridgehead atoms. The van der Waals surface area contributed by atoms with Gasteiger partial charge >= 0.3 is 0 Å². The molecule has 6 heteroatoms. The molecule has 3 atom stereocenters. The smallest absolute Gasteiger partial charge is 0.161 e. The summed E-state index contributed by atoms with van der Waals surface area (Å²) in [5, 5.41) is 0. The zero-order valence-electron chi connectivity index (χ0n) is 19.1. The lowest BCUT2D eigenvalue weighted by molar-refractivity contribution is -0.931. The van der Waals surface area contributed by atoms with Crippen molar-refractivity contribution in [3.63, 3.8) is 0 Å². The Morgan fingerprint density at radius 3 is 2.00 bits per heavy atom. The topological polar surface area (TPSA) is 44.6 Å². The highest BCUT2D eigenvalue weighted by atomic mass is 16.5. The van der Waals surface area contributed by atoms with E-state index in [4.69, 9.17) is 18.9 Å². The van der Waals surface area contributed by atoms with Gasteiger partial charge < -0.3 is 23.8 Å². The third-order valence-electron chi connectivity index (χ3n) is 6.84. The lowest BCUT2D eigenvalue weighted by Gasteiger charge is -2.29. The maximum absolute atomic E-state index is 5.52. The van der Waals surface area contributed by atoms with Crippen LogP contribution in [0.2, 0.25) is 0 Å². The van der Waals surface area contributed by atoms with E-state index < -0.39 is 0 Å². The minimum atomic E-state index is 0.636. The molecule has 0 aromatic heterocycles. The number of methoxy groups -OCH3 is 4. The minimum Gasteiger partial charge on any atom is -0.493 e. The van der Waals surface area contributed by atoms with E-state index in [2.05, 4.69) is 29.2 Å². The molecule has 2 fully saturated rings. The van der Waals surface area contributed by atoms with E-state index in [0.717, 1.165) is 42.8 Å². The molecule has 2 aromatic rings. The summed E-state index contributed by atoms with van der Waals surface area (Å²) in [7, 11) is 6.76. The van der Waals surface area contributed by atoms with Gasteiger partial charge in [-0.3, -0.25) is 0 Å². The Hall–Kier alpha value is -2.44. The zero-order valence-corrected chi connectivity index (χ0v) is 19.1. The standard InChI is InChI=1S/C25H34N2O4/c1-28-22-11-9-18(13-24(22)30-3)15-26-17-27(21-8-6-5-7-20(21)26)16-19-10-12-23(29-2)25(14-19)31-4/h9-14,20-21H,5-8,15-17H2,1-4H3/p+1. The van der Waals surface area contributed by atoms with Crippen LogP contribution < -0.4 is 23.8 Å². The van der Waals surface area contributed by atoms with Gasteiger partial charge in [0.25, 0.3) is 0 Å². The Morgan fingerprint density at radius 2 is 1.35 bits per heavy atom. The molecule has 2 aromatic carbocycles. The minimum absolute atomic E-state index is 0.636. The van der Waals surface area contributed by atoms with Crippen LogP contribution in [0.5, 0.6) is 23.0 Å². The Balaban J connectivity index is 1.51. The van der Waals surface area contributed by atoms with Crippen molar-refractivity contribution in [2.75, 3.05) is 35.1 Å². The number of ether oxygens (including phenoxy) is 4. The van der Waals surface area contributed by atoms with Gasteiger partial charge in [-0.2, -0.15) is 0 Å². The zero-order chi connectivity index (χ0) is 21.8. The highest BCUT2D eigenvalue weighted by Crippen LogP contribution is 2.31. The normalized spacial score (nSPS) is 23.3. The van der Waals surface area contributed by atoms with Crippen LogP contribution in [0.15, 0.2) is 36.4 Å². The third kappa shape index (κ3) is 4.60. The van der Waals surface area contributed by atoms with Crippen LogP contribution in [0.3, 0.4) is 0 Å². The van der Waals surface area contributed by atoms with Gasteiger partial charge in [-0.25, -0.2) is 4.90 Å². The summed E-state index contributed by atoms with van der Waals surface area (Å²) in [6, 6.07) is 13.9. The molecule has 0 spiro atoms. The SMILES string of the molecule is COc1ccc(CN2C[NH+](Cc3ccc(OC)c(OC)c3)C3CCCCC32)cc1OC. The molecule has 168 valence electrons. The molecule has 1 saturated heterocycles. The summed E-state index contributed by atoms with van der Waals surface area (Å²) in [5.41, 5.74) is 2.57. The van der Waals surface area contributed by atoms with Crippen LogP contribution >= 0.6 is 0 Å². The maximum atomic E-state index is 5.52. The van der Waals surface area contributed by atoms with Crippen molar-refractivity contribution in [3.8, 4) is 23.0 Å². The summed E-state index contributed by atoms with van der Waals surface area (Å²) in [4.78, 5) is 4.32. The lowest BCUT2D eigenvalue weighted by atomic mass is 9.90. The number of benzene rings is 2. The molecule has 0 amide bonds. The molecule has 1 saturated carbocycles. The molecular weight excluding hydrogens is 392 g/mol. The third-order valence-corrected chi connectivity index (χ3v) is 6.84. The van der Waals surface area contributed by atoms with Crippen molar-refractivity contribution in [2.45, 2.75) is 50.9 Å². The second-order valence-electron chi connectivity index (χ2n) is 8.58. The maximum Gasteiger partial charge on any atom is 0.161 e. The summed E-state index contributed by atoms with van der Waals surface area (Å²) in [6.07, 6.45) is 5.25. The molecule has 2 aliphatic rings. The number of hydrogen-bond acceptors (Lipinski definition) is 5. The van der Waals surface area contributed by atoms with Gasteiger partial charge in [0.1, 0.15) is 19.3 Å². The molecule has 6 nitrogen and oxygen atoms in total.